The summed E-state index contributed by atoms with van der Waals surface area (Å²) in [5.74, 6) is 1.02. The lowest BCUT2D eigenvalue weighted by Gasteiger charge is -2.33. The molecule has 2 rings (SSSR count). The first-order valence-corrected chi connectivity index (χ1v) is 8.11. The highest BCUT2D eigenvalue weighted by molar-refractivity contribution is 5.29. The summed E-state index contributed by atoms with van der Waals surface area (Å²) >= 11 is 0. The summed E-state index contributed by atoms with van der Waals surface area (Å²) < 4.78 is 2.22. The molecular formula is C16H30N4. The molecule has 1 atom stereocenters. The van der Waals surface area contributed by atoms with Crippen molar-refractivity contribution in [2.24, 2.45) is 0 Å². The molecule has 1 aromatic heterocycles. The van der Waals surface area contributed by atoms with Gasteiger partial charge in [0.05, 0.1) is 5.69 Å². The van der Waals surface area contributed by atoms with Crippen molar-refractivity contribution in [3.8, 4) is 0 Å². The van der Waals surface area contributed by atoms with Gasteiger partial charge in [0.2, 0.25) is 5.95 Å². The Hall–Kier alpha value is -1.03. The predicted octanol–water partition coefficient (Wildman–Crippen LogP) is 3.45. The monoisotopic (exact) mass is 278 g/mol. The summed E-state index contributed by atoms with van der Waals surface area (Å²) in [5.41, 5.74) is 1.09. The number of likely N-dealkylation sites (tertiary alicyclic amines) is 1. The van der Waals surface area contributed by atoms with Crippen molar-refractivity contribution in [1.29, 1.82) is 0 Å². The van der Waals surface area contributed by atoms with Gasteiger partial charge in [-0.25, -0.2) is 4.98 Å². The molecular weight excluding hydrogens is 248 g/mol. The molecule has 20 heavy (non-hydrogen) atoms. The van der Waals surface area contributed by atoms with E-state index in [1.165, 1.54) is 38.8 Å². The second kappa shape index (κ2) is 7.11. The average molecular weight is 278 g/mol. The van der Waals surface area contributed by atoms with Crippen LogP contribution in [0.5, 0.6) is 0 Å². The van der Waals surface area contributed by atoms with Gasteiger partial charge in [-0.05, 0) is 53.5 Å². The minimum absolute atomic E-state index is 0.459. The molecule has 0 aromatic carbocycles. The summed E-state index contributed by atoms with van der Waals surface area (Å²) in [5, 5.41) is 3.50. The molecule has 0 bridgehead atoms. The van der Waals surface area contributed by atoms with Crippen molar-refractivity contribution in [3.63, 3.8) is 0 Å². The summed E-state index contributed by atoms with van der Waals surface area (Å²) in [6.45, 7) is 12.3. The third-order valence-corrected chi connectivity index (χ3v) is 4.25. The van der Waals surface area contributed by atoms with Gasteiger partial charge in [-0.15, -0.1) is 0 Å². The largest absolute Gasteiger partial charge is 0.356 e. The van der Waals surface area contributed by atoms with Crippen LogP contribution in [0.1, 0.15) is 58.2 Å². The van der Waals surface area contributed by atoms with Gasteiger partial charge in [0.15, 0.2) is 0 Å². The number of anilines is 1. The minimum atomic E-state index is 0.459. The van der Waals surface area contributed by atoms with Crippen LogP contribution >= 0.6 is 0 Å². The maximum atomic E-state index is 4.57. The number of imidazole rings is 1. The zero-order chi connectivity index (χ0) is 14.5. The zero-order valence-electron chi connectivity index (χ0n) is 13.5. The molecule has 1 fully saturated rings. The van der Waals surface area contributed by atoms with Crippen LogP contribution in [0.3, 0.4) is 0 Å². The second-order valence-electron chi connectivity index (χ2n) is 6.37. The Bertz CT molecular complexity index is 411. The maximum Gasteiger partial charge on any atom is 0.203 e. The molecule has 4 nitrogen and oxygen atoms in total. The zero-order valence-corrected chi connectivity index (χ0v) is 13.5. The molecule has 1 saturated heterocycles. The van der Waals surface area contributed by atoms with E-state index in [2.05, 4.69) is 53.7 Å². The van der Waals surface area contributed by atoms with Crippen molar-refractivity contribution in [2.75, 3.05) is 25.0 Å². The predicted molar refractivity (Wildman–Crippen MR) is 85.3 cm³/mol. The van der Waals surface area contributed by atoms with Crippen LogP contribution in [0.25, 0.3) is 0 Å². The van der Waals surface area contributed by atoms with Crippen LogP contribution in [0.4, 0.5) is 5.95 Å². The van der Waals surface area contributed by atoms with Gasteiger partial charge in [0, 0.05) is 31.4 Å². The summed E-state index contributed by atoms with van der Waals surface area (Å²) in [6, 6.07) is 1.23. The standard InChI is InChI=1S/C16H30N4/c1-13(2)20-12-14(3)18-16(20)17-9-7-11-19-10-6-5-8-15(19)4/h12-13,15H,5-11H2,1-4H3,(H,17,18). The lowest BCUT2D eigenvalue weighted by atomic mass is 10.0. The fourth-order valence-electron chi connectivity index (χ4n) is 3.01. The molecule has 1 unspecified atom stereocenters. The number of aryl methyl sites for hydroxylation is 1. The number of aromatic nitrogens is 2. The van der Waals surface area contributed by atoms with Crippen molar-refractivity contribution in [2.45, 2.75) is 65.5 Å². The van der Waals surface area contributed by atoms with E-state index in [4.69, 9.17) is 0 Å². The topological polar surface area (TPSA) is 33.1 Å². The fraction of sp³-hybridized carbons (Fsp3) is 0.812. The Morgan fingerprint density at radius 2 is 2.20 bits per heavy atom. The summed E-state index contributed by atoms with van der Waals surface area (Å²) in [4.78, 5) is 7.20. The molecule has 114 valence electrons. The van der Waals surface area contributed by atoms with E-state index in [0.29, 0.717) is 6.04 Å². The quantitative estimate of drug-likeness (QED) is 0.809. The van der Waals surface area contributed by atoms with Crippen LogP contribution in [0.15, 0.2) is 6.20 Å². The molecule has 1 aliphatic heterocycles. The molecule has 0 spiro atoms. The number of hydrogen-bond donors (Lipinski definition) is 1. The molecule has 1 aromatic rings. The second-order valence-corrected chi connectivity index (χ2v) is 6.37. The van der Waals surface area contributed by atoms with Gasteiger partial charge in [-0.2, -0.15) is 0 Å². The summed E-state index contributed by atoms with van der Waals surface area (Å²) in [6.07, 6.45) is 7.45. The molecule has 0 radical (unpaired) electrons. The normalized spacial score (nSPS) is 20.6. The van der Waals surface area contributed by atoms with Crippen molar-refractivity contribution in [3.05, 3.63) is 11.9 Å². The van der Waals surface area contributed by atoms with Gasteiger partial charge in [0.25, 0.3) is 0 Å². The Balaban J connectivity index is 1.75. The van der Waals surface area contributed by atoms with E-state index < -0.39 is 0 Å². The molecule has 1 N–H and O–H groups in total. The molecule has 1 aliphatic rings. The Morgan fingerprint density at radius 1 is 1.40 bits per heavy atom. The van der Waals surface area contributed by atoms with Gasteiger partial charge in [-0.3, -0.25) is 0 Å². The van der Waals surface area contributed by atoms with Gasteiger partial charge < -0.3 is 14.8 Å². The van der Waals surface area contributed by atoms with Crippen LogP contribution in [-0.4, -0.2) is 40.1 Å². The van der Waals surface area contributed by atoms with E-state index in [9.17, 15) is 0 Å². The number of nitrogens with zero attached hydrogens (tertiary/aromatic N) is 3. The summed E-state index contributed by atoms with van der Waals surface area (Å²) in [7, 11) is 0. The number of rotatable bonds is 6. The average Bonchev–Trinajstić information content (AvgIpc) is 2.78. The smallest absolute Gasteiger partial charge is 0.203 e. The van der Waals surface area contributed by atoms with Gasteiger partial charge in [-0.1, -0.05) is 6.42 Å². The van der Waals surface area contributed by atoms with E-state index in [1.807, 2.05) is 0 Å². The van der Waals surface area contributed by atoms with Gasteiger partial charge >= 0.3 is 0 Å². The van der Waals surface area contributed by atoms with Crippen molar-refractivity contribution < 1.29 is 0 Å². The molecule has 0 aliphatic carbocycles. The highest BCUT2D eigenvalue weighted by atomic mass is 15.2. The minimum Gasteiger partial charge on any atom is -0.356 e. The van der Waals surface area contributed by atoms with E-state index >= 15 is 0 Å². The van der Waals surface area contributed by atoms with E-state index in [1.54, 1.807) is 0 Å². The highest BCUT2D eigenvalue weighted by Crippen LogP contribution is 2.17. The van der Waals surface area contributed by atoms with Gasteiger partial charge in [0.1, 0.15) is 0 Å². The lowest BCUT2D eigenvalue weighted by molar-refractivity contribution is 0.160. The third-order valence-electron chi connectivity index (χ3n) is 4.25. The van der Waals surface area contributed by atoms with E-state index in [0.717, 1.165) is 24.2 Å². The SMILES string of the molecule is Cc1cn(C(C)C)c(NCCCN2CCCCC2C)n1. The lowest BCUT2D eigenvalue weighted by Crippen LogP contribution is -2.38. The van der Waals surface area contributed by atoms with Crippen molar-refractivity contribution >= 4 is 5.95 Å². The highest BCUT2D eigenvalue weighted by Gasteiger charge is 2.17. The maximum absolute atomic E-state index is 4.57. The molecule has 0 amide bonds. The molecule has 0 saturated carbocycles. The first-order chi connectivity index (χ1) is 9.58. The van der Waals surface area contributed by atoms with Crippen LogP contribution < -0.4 is 5.32 Å². The Labute approximate surface area is 123 Å². The van der Waals surface area contributed by atoms with Crippen LogP contribution in [0.2, 0.25) is 0 Å². The third kappa shape index (κ3) is 3.98. The molecule has 4 heteroatoms. The number of hydrogen-bond acceptors (Lipinski definition) is 3. The number of piperidine rings is 1. The Morgan fingerprint density at radius 3 is 2.90 bits per heavy atom. The van der Waals surface area contributed by atoms with Crippen LogP contribution in [-0.2, 0) is 0 Å². The first-order valence-electron chi connectivity index (χ1n) is 8.11. The fourth-order valence-corrected chi connectivity index (χ4v) is 3.01. The molecule has 2 heterocycles. The van der Waals surface area contributed by atoms with E-state index in [-0.39, 0.29) is 0 Å². The first kappa shape index (κ1) is 15.4. The van der Waals surface area contributed by atoms with Crippen LogP contribution in [0, 0.1) is 6.92 Å². The number of nitrogens with one attached hydrogen (secondary N) is 1. The van der Waals surface area contributed by atoms with Crippen molar-refractivity contribution in [1.82, 2.24) is 14.5 Å². The Kier molecular flexibility index (Phi) is 5.46.